The van der Waals surface area contributed by atoms with E-state index in [0.29, 0.717) is 31.6 Å². The van der Waals surface area contributed by atoms with Crippen molar-refractivity contribution >= 4 is 49.8 Å². The number of hydrogen-bond acceptors (Lipinski definition) is 7. The largest absolute Gasteiger partial charge is 0.508 e. The first kappa shape index (κ1) is 18.9. The van der Waals surface area contributed by atoms with Gasteiger partial charge in [0.2, 0.25) is 0 Å². The summed E-state index contributed by atoms with van der Waals surface area (Å²) in [5.74, 6) is 0.318. The van der Waals surface area contributed by atoms with Crippen LogP contribution in [-0.2, 0) is 6.54 Å². The number of nitrogens with zero attached hydrogens (tertiary/aromatic N) is 4. The minimum atomic E-state index is -0.313. The summed E-state index contributed by atoms with van der Waals surface area (Å²) in [6.07, 6.45) is 3.15. The molecule has 27 heavy (non-hydrogen) atoms. The van der Waals surface area contributed by atoms with Crippen molar-refractivity contribution in [3.8, 4) is 11.8 Å². The van der Waals surface area contributed by atoms with Gasteiger partial charge in [-0.2, -0.15) is 10.4 Å². The van der Waals surface area contributed by atoms with Gasteiger partial charge in [-0.3, -0.25) is 9.48 Å². The van der Waals surface area contributed by atoms with Crippen LogP contribution >= 0.6 is 27.3 Å². The molecule has 0 aliphatic rings. The van der Waals surface area contributed by atoms with Gasteiger partial charge in [0.05, 0.1) is 22.4 Å². The van der Waals surface area contributed by atoms with Gasteiger partial charge in [0.15, 0.2) is 10.9 Å². The van der Waals surface area contributed by atoms with Crippen LogP contribution in [0.15, 0.2) is 29.0 Å². The van der Waals surface area contributed by atoms with E-state index in [1.807, 2.05) is 13.0 Å². The van der Waals surface area contributed by atoms with Gasteiger partial charge in [-0.05, 0) is 41.4 Å². The van der Waals surface area contributed by atoms with E-state index in [0.717, 1.165) is 5.56 Å². The number of nitrogens with one attached hydrogen (secondary N) is 2. The summed E-state index contributed by atoms with van der Waals surface area (Å²) in [5, 5.41) is 29.1. The lowest BCUT2D eigenvalue weighted by Crippen LogP contribution is -2.12. The third-order valence-electron chi connectivity index (χ3n) is 3.79. The fraction of sp³-hybridized carbons (Fsp3) is 0.176. The summed E-state index contributed by atoms with van der Waals surface area (Å²) in [7, 11) is 0. The van der Waals surface area contributed by atoms with E-state index in [9.17, 15) is 9.90 Å². The molecule has 0 saturated carbocycles. The normalized spacial score (nSPS) is 10.4. The predicted molar refractivity (Wildman–Crippen MR) is 106 cm³/mol. The van der Waals surface area contributed by atoms with Gasteiger partial charge < -0.3 is 15.7 Å². The van der Waals surface area contributed by atoms with E-state index < -0.39 is 0 Å². The molecule has 2 heterocycles. The van der Waals surface area contributed by atoms with E-state index in [1.165, 1.54) is 22.2 Å². The fourth-order valence-electron chi connectivity index (χ4n) is 2.38. The van der Waals surface area contributed by atoms with Crippen LogP contribution in [0.25, 0.3) is 0 Å². The molecule has 0 radical (unpaired) electrons. The van der Waals surface area contributed by atoms with Gasteiger partial charge in [0.25, 0.3) is 5.91 Å². The Labute approximate surface area is 167 Å². The molecular weight excluding hydrogens is 432 g/mol. The third kappa shape index (κ3) is 4.10. The molecule has 0 bridgehead atoms. The lowest BCUT2D eigenvalue weighted by molar-refractivity contribution is 0.103. The van der Waals surface area contributed by atoms with Crippen molar-refractivity contribution in [3.63, 3.8) is 0 Å². The average Bonchev–Trinajstić information content (AvgIpc) is 3.23. The molecule has 0 fully saturated rings. The van der Waals surface area contributed by atoms with Gasteiger partial charge in [-0.25, -0.2) is 4.98 Å². The van der Waals surface area contributed by atoms with Gasteiger partial charge in [0.1, 0.15) is 17.2 Å². The SMILES string of the molecule is Cc1ccc(O)c(C)c1NC(=O)c1cnc(Nc2nn(CC#N)cc2Br)s1. The number of nitriles is 1. The molecule has 3 rings (SSSR count). The Hall–Kier alpha value is -2.90. The minimum absolute atomic E-state index is 0.125. The van der Waals surface area contributed by atoms with E-state index >= 15 is 0 Å². The number of phenols is 1. The number of thiazole rings is 1. The highest BCUT2D eigenvalue weighted by molar-refractivity contribution is 9.10. The van der Waals surface area contributed by atoms with Crippen LogP contribution in [0.4, 0.5) is 16.6 Å². The first-order valence-corrected chi connectivity index (χ1v) is 9.43. The molecular formula is C17H15BrN6O2S. The van der Waals surface area contributed by atoms with Crippen molar-refractivity contribution in [1.29, 1.82) is 5.26 Å². The topological polar surface area (TPSA) is 116 Å². The average molecular weight is 447 g/mol. The maximum Gasteiger partial charge on any atom is 0.267 e. The highest BCUT2D eigenvalue weighted by Crippen LogP contribution is 2.30. The lowest BCUT2D eigenvalue weighted by Gasteiger charge is -2.11. The number of hydrogen-bond donors (Lipinski definition) is 3. The van der Waals surface area contributed by atoms with Crippen molar-refractivity contribution in [2.45, 2.75) is 20.4 Å². The third-order valence-corrected chi connectivity index (χ3v) is 5.28. The quantitative estimate of drug-likeness (QED) is 0.546. The summed E-state index contributed by atoms with van der Waals surface area (Å²) >= 11 is 4.54. The number of halogens is 1. The molecule has 0 atom stereocenters. The Morgan fingerprint density at radius 3 is 2.96 bits per heavy atom. The van der Waals surface area contributed by atoms with Crippen molar-refractivity contribution in [1.82, 2.24) is 14.8 Å². The fourth-order valence-corrected chi connectivity index (χ4v) is 3.50. The Morgan fingerprint density at radius 1 is 1.44 bits per heavy atom. The molecule has 2 aromatic heterocycles. The molecule has 1 amide bonds. The zero-order valence-corrected chi connectivity index (χ0v) is 16.8. The number of anilines is 3. The maximum atomic E-state index is 12.5. The molecule has 3 aromatic rings. The Bertz CT molecular complexity index is 1050. The van der Waals surface area contributed by atoms with Crippen molar-refractivity contribution in [2.75, 3.05) is 10.6 Å². The number of carbonyl (C=O) groups excluding carboxylic acids is 1. The Morgan fingerprint density at radius 2 is 2.22 bits per heavy atom. The second-order valence-electron chi connectivity index (χ2n) is 5.69. The van der Waals surface area contributed by atoms with E-state index in [4.69, 9.17) is 5.26 Å². The molecule has 1 aromatic carbocycles. The highest BCUT2D eigenvalue weighted by Gasteiger charge is 2.16. The van der Waals surface area contributed by atoms with Crippen molar-refractivity contribution < 1.29 is 9.90 Å². The smallest absolute Gasteiger partial charge is 0.267 e. The van der Waals surface area contributed by atoms with Gasteiger partial charge in [-0.15, -0.1) is 0 Å². The number of aryl methyl sites for hydroxylation is 1. The Kier molecular flexibility index (Phi) is 5.43. The molecule has 0 aliphatic heterocycles. The van der Waals surface area contributed by atoms with E-state index in [2.05, 4.69) is 36.6 Å². The summed E-state index contributed by atoms with van der Waals surface area (Å²) in [6, 6.07) is 5.35. The summed E-state index contributed by atoms with van der Waals surface area (Å²) in [4.78, 5) is 17.1. The van der Waals surface area contributed by atoms with Crippen LogP contribution in [-0.4, -0.2) is 25.8 Å². The number of aromatic hydroxyl groups is 1. The van der Waals surface area contributed by atoms with Crippen LogP contribution in [0.2, 0.25) is 0 Å². The second kappa shape index (κ2) is 7.77. The van der Waals surface area contributed by atoms with Crippen molar-refractivity contribution in [2.24, 2.45) is 0 Å². The number of aromatic nitrogens is 3. The lowest BCUT2D eigenvalue weighted by atomic mass is 10.1. The number of carbonyl (C=O) groups is 1. The first-order chi connectivity index (χ1) is 12.9. The van der Waals surface area contributed by atoms with Crippen LogP contribution in [0, 0.1) is 25.2 Å². The second-order valence-corrected chi connectivity index (χ2v) is 7.58. The van der Waals surface area contributed by atoms with E-state index in [1.54, 1.807) is 25.3 Å². The minimum Gasteiger partial charge on any atom is -0.508 e. The van der Waals surface area contributed by atoms with Gasteiger partial charge in [-0.1, -0.05) is 17.4 Å². The number of phenolic OH excluding ortho intramolecular Hbond substituents is 1. The van der Waals surface area contributed by atoms with E-state index in [-0.39, 0.29) is 18.2 Å². The summed E-state index contributed by atoms with van der Waals surface area (Å²) in [5.41, 5.74) is 2.05. The molecule has 138 valence electrons. The molecule has 3 N–H and O–H groups in total. The molecule has 8 nitrogen and oxygen atoms in total. The zero-order chi connectivity index (χ0) is 19.6. The molecule has 0 unspecified atom stereocenters. The Balaban J connectivity index is 1.75. The summed E-state index contributed by atoms with van der Waals surface area (Å²) in [6.45, 7) is 3.73. The van der Waals surface area contributed by atoms with Crippen molar-refractivity contribution in [3.05, 3.63) is 45.0 Å². The first-order valence-electron chi connectivity index (χ1n) is 7.82. The van der Waals surface area contributed by atoms with Gasteiger partial charge >= 0.3 is 0 Å². The standard InChI is InChI=1S/C17H15BrN6O2S/c1-9-3-4-12(25)10(2)14(9)21-16(26)13-7-20-17(27-13)22-15-11(18)8-24(23-15)6-5-19/h3-4,7-8,25H,6H2,1-2H3,(H,21,26)(H,20,22,23). The molecule has 0 spiro atoms. The van der Waals surface area contributed by atoms with Crippen LogP contribution in [0.1, 0.15) is 20.8 Å². The molecule has 10 heteroatoms. The maximum absolute atomic E-state index is 12.5. The summed E-state index contributed by atoms with van der Waals surface area (Å²) < 4.78 is 2.17. The monoisotopic (exact) mass is 446 g/mol. The highest BCUT2D eigenvalue weighted by atomic mass is 79.9. The number of amides is 1. The van der Waals surface area contributed by atoms with Crippen LogP contribution < -0.4 is 10.6 Å². The number of rotatable bonds is 5. The number of benzene rings is 1. The molecule has 0 aliphatic carbocycles. The van der Waals surface area contributed by atoms with Crippen LogP contribution in [0.3, 0.4) is 0 Å². The zero-order valence-electron chi connectivity index (χ0n) is 14.4. The predicted octanol–water partition coefficient (Wildman–Crippen LogP) is 3.94. The van der Waals surface area contributed by atoms with Crippen LogP contribution in [0.5, 0.6) is 5.75 Å². The van der Waals surface area contributed by atoms with Gasteiger partial charge in [0, 0.05) is 11.8 Å². The molecule has 0 saturated heterocycles.